The molecule has 21 heavy (non-hydrogen) atoms. The number of likely N-dealkylation sites (N-methyl/N-ethyl adjacent to an activating group) is 1. The lowest BCUT2D eigenvalue weighted by Gasteiger charge is -2.27. The summed E-state index contributed by atoms with van der Waals surface area (Å²) in [7, 11) is 6.07. The fraction of sp³-hybridized carbons (Fsp3) is 0.600. The molecule has 5 nitrogen and oxygen atoms in total. The van der Waals surface area contributed by atoms with Gasteiger partial charge in [-0.25, -0.2) is 4.98 Å². The molecule has 0 aromatic carbocycles. The third kappa shape index (κ3) is 4.04. The van der Waals surface area contributed by atoms with Crippen molar-refractivity contribution in [2.45, 2.75) is 13.8 Å². The predicted molar refractivity (Wildman–Crippen MR) is 92.6 cm³/mol. The van der Waals surface area contributed by atoms with E-state index >= 15 is 0 Å². The zero-order valence-corrected chi connectivity index (χ0v) is 14.4. The Labute approximate surface area is 131 Å². The van der Waals surface area contributed by atoms with Crippen molar-refractivity contribution in [3.63, 3.8) is 0 Å². The first-order valence-corrected chi connectivity index (χ1v) is 8.22. The quantitative estimate of drug-likeness (QED) is 0.852. The van der Waals surface area contributed by atoms with Crippen molar-refractivity contribution in [3.05, 3.63) is 11.4 Å². The first-order chi connectivity index (χ1) is 10.0. The molecule has 0 aliphatic carbocycles. The molecule has 0 saturated heterocycles. The average Bonchev–Trinajstić information content (AvgIpc) is 2.90. The number of hydrogen-bond acceptors (Lipinski definition) is 6. The number of fused-ring (bicyclic) bond motifs is 1. The number of anilines is 2. The van der Waals surface area contributed by atoms with Gasteiger partial charge in [0.1, 0.15) is 10.6 Å². The molecule has 2 rings (SSSR count). The number of nitrogens with zero attached hydrogens (tertiary/aromatic N) is 4. The third-order valence-corrected chi connectivity index (χ3v) is 4.04. The first-order valence-electron chi connectivity index (χ1n) is 7.34. The lowest BCUT2D eigenvalue weighted by Crippen LogP contribution is -2.35. The van der Waals surface area contributed by atoms with E-state index in [-0.39, 0.29) is 0 Å². The molecule has 2 heterocycles. The SMILES string of the molecule is CNc1nc(N(CCN(C)C)CC(C)C)c2ccsc2n1. The summed E-state index contributed by atoms with van der Waals surface area (Å²) in [5, 5.41) is 6.31. The van der Waals surface area contributed by atoms with Gasteiger partial charge in [-0.2, -0.15) is 4.98 Å². The van der Waals surface area contributed by atoms with Crippen molar-refractivity contribution >= 4 is 33.3 Å². The largest absolute Gasteiger partial charge is 0.357 e. The molecule has 0 unspecified atom stereocenters. The number of hydrogen-bond donors (Lipinski definition) is 1. The molecule has 116 valence electrons. The molecule has 0 aliphatic rings. The monoisotopic (exact) mass is 307 g/mol. The summed E-state index contributed by atoms with van der Waals surface area (Å²) < 4.78 is 0. The Morgan fingerprint density at radius 1 is 1.24 bits per heavy atom. The van der Waals surface area contributed by atoms with Crippen molar-refractivity contribution in [3.8, 4) is 0 Å². The van der Waals surface area contributed by atoms with Crippen molar-refractivity contribution in [2.75, 3.05) is 51.0 Å². The van der Waals surface area contributed by atoms with Gasteiger partial charge >= 0.3 is 0 Å². The highest BCUT2D eigenvalue weighted by molar-refractivity contribution is 7.16. The molecule has 0 amide bonds. The van der Waals surface area contributed by atoms with E-state index in [9.17, 15) is 0 Å². The average molecular weight is 307 g/mol. The van der Waals surface area contributed by atoms with Crippen LogP contribution >= 0.6 is 11.3 Å². The van der Waals surface area contributed by atoms with Crippen LogP contribution in [-0.2, 0) is 0 Å². The molecule has 0 fully saturated rings. The maximum absolute atomic E-state index is 4.71. The lowest BCUT2D eigenvalue weighted by atomic mass is 10.2. The molecule has 2 aromatic heterocycles. The number of rotatable bonds is 7. The fourth-order valence-electron chi connectivity index (χ4n) is 2.24. The summed E-state index contributed by atoms with van der Waals surface area (Å²) in [6.45, 7) is 7.47. The van der Waals surface area contributed by atoms with Crippen molar-refractivity contribution in [1.29, 1.82) is 0 Å². The Morgan fingerprint density at radius 2 is 2.00 bits per heavy atom. The molecule has 6 heteroatoms. The zero-order valence-electron chi connectivity index (χ0n) is 13.6. The number of nitrogens with one attached hydrogen (secondary N) is 1. The molecule has 0 aliphatic heterocycles. The highest BCUT2D eigenvalue weighted by Crippen LogP contribution is 2.29. The van der Waals surface area contributed by atoms with Crippen molar-refractivity contribution < 1.29 is 0 Å². The molecule has 2 aromatic rings. The van der Waals surface area contributed by atoms with E-state index in [1.807, 2.05) is 7.05 Å². The van der Waals surface area contributed by atoms with Crippen LogP contribution in [0, 0.1) is 5.92 Å². The highest BCUT2D eigenvalue weighted by Gasteiger charge is 2.16. The van der Waals surface area contributed by atoms with E-state index in [2.05, 4.69) is 59.5 Å². The smallest absolute Gasteiger partial charge is 0.225 e. The molecule has 0 saturated carbocycles. The van der Waals surface area contributed by atoms with Gasteiger partial charge in [-0.05, 0) is 31.5 Å². The summed E-state index contributed by atoms with van der Waals surface area (Å²) in [6.07, 6.45) is 0. The maximum atomic E-state index is 4.71. The van der Waals surface area contributed by atoms with Gasteiger partial charge < -0.3 is 15.1 Å². The Morgan fingerprint density at radius 3 is 2.62 bits per heavy atom. The van der Waals surface area contributed by atoms with Crippen LogP contribution in [0.5, 0.6) is 0 Å². The minimum Gasteiger partial charge on any atom is -0.357 e. The Balaban J connectivity index is 2.39. The summed E-state index contributed by atoms with van der Waals surface area (Å²) in [6, 6.07) is 2.12. The van der Waals surface area contributed by atoms with Crippen LogP contribution in [-0.4, -0.2) is 55.6 Å². The lowest BCUT2D eigenvalue weighted by molar-refractivity contribution is 0.408. The summed E-state index contributed by atoms with van der Waals surface area (Å²) in [4.78, 5) is 14.9. The summed E-state index contributed by atoms with van der Waals surface area (Å²) >= 11 is 1.66. The topological polar surface area (TPSA) is 44.3 Å². The van der Waals surface area contributed by atoms with Crippen LogP contribution in [0.2, 0.25) is 0 Å². The normalized spacial score (nSPS) is 11.6. The molecule has 0 atom stereocenters. The molecular formula is C15H25N5S. The molecule has 0 bridgehead atoms. The minimum absolute atomic E-state index is 0.592. The highest BCUT2D eigenvalue weighted by atomic mass is 32.1. The molecule has 1 N–H and O–H groups in total. The Kier molecular flexibility index (Phi) is 5.36. The molecule has 0 spiro atoms. The zero-order chi connectivity index (χ0) is 15.4. The molecule has 0 radical (unpaired) electrons. The Bertz CT molecular complexity index is 578. The van der Waals surface area contributed by atoms with E-state index < -0.39 is 0 Å². The van der Waals surface area contributed by atoms with E-state index in [1.165, 1.54) is 0 Å². The van der Waals surface area contributed by atoms with Gasteiger partial charge in [-0.3, -0.25) is 0 Å². The van der Waals surface area contributed by atoms with E-state index in [4.69, 9.17) is 4.98 Å². The minimum atomic E-state index is 0.592. The van der Waals surface area contributed by atoms with Crippen LogP contribution in [0.15, 0.2) is 11.4 Å². The number of aromatic nitrogens is 2. The van der Waals surface area contributed by atoms with Crippen LogP contribution in [0.3, 0.4) is 0 Å². The second-order valence-corrected chi connectivity index (χ2v) is 6.80. The summed E-state index contributed by atoms with van der Waals surface area (Å²) in [5.74, 6) is 2.33. The van der Waals surface area contributed by atoms with Crippen molar-refractivity contribution in [2.24, 2.45) is 5.92 Å². The van der Waals surface area contributed by atoms with Crippen LogP contribution in [0.1, 0.15) is 13.8 Å². The van der Waals surface area contributed by atoms with Gasteiger partial charge in [0.2, 0.25) is 5.95 Å². The predicted octanol–water partition coefficient (Wildman–Crippen LogP) is 2.76. The van der Waals surface area contributed by atoms with Gasteiger partial charge in [-0.1, -0.05) is 13.8 Å². The van der Waals surface area contributed by atoms with Gasteiger partial charge in [0.05, 0.1) is 5.39 Å². The number of thiophene rings is 1. The van der Waals surface area contributed by atoms with E-state index in [0.717, 1.165) is 35.7 Å². The summed E-state index contributed by atoms with van der Waals surface area (Å²) in [5.41, 5.74) is 0. The Hall–Kier alpha value is -1.40. The first kappa shape index (κ1) is 16.0. The van der Waals surface area contributed by atoms with Crippen molar-refractivity contribution in [1.82, 2.24) is 14.9 Å². The standard InChI is InChI=1S/C15H25N5S/c1-11(2)10-20(8-7-19(4)5)13-12-6-9-21-14(12)18-15(16-3)17-13/h6,9,11H,7-8,10H2,1-5H3,(H,16,17,18). The van der Waals surface area contributed by atoms with Crippen LogP contribution in [0.25, 0.3) is 10.2 Å². The second-order valence-electron chi connectivity index (χ2n) is 5.90. The fourth-order valence-corrected chi connectivity index (χ4v) is 3.00. The van der Waals surface area contributed by atoms with Crippen LogP contribution < -0.4 is 10.2 Å². The van der Waals surface area contributed by atoms with Gasteiger partial charge in [-0.15, -0.1) is 11.3 Å². The molecular weight excluding hydrogens is 282 g/mol. The van der Waals surface area contributed by atoms with Gasteiger partial charge in [0.15, 0.2) is 0 Å². The second kappa shape index (κ2) is 7.04. The van der Waals surface area contributed by atoms with Gasteiger partial charge in [0, 0.05) is 26.7 Å². The van der Waals surface area contributed by atoms with Gasteiger partial charge in [0.25, 0.3) is 0 Å². The van der Waals surface area contributed by atoms with E-state index in [1.54, 1.807) is 11.3 Å². The maximum Gasteiger partial charge on any atom is 0.225 e. The van der Waals surface area contributed by atoms with Crippen LogP contribution in [0.4, 0.5) is 11.8 Å². The third-order valence-electron chi connectivity index (χ3n) is 3.23. The van der Waals surface area contributed by atoms with E-state index in [0.29, 0.717) is 11.9 Å².